The summed E-state index contributed by atoms with van der Waals surface area (Å²) in [6.45, 7) is 5.28. The van der Waals surface area contributed by atoms with Crippen LogP contribution in [0.1, 0.15) is 24.3 Å². The Balaban J connectivity index is 1.88. The van der Waals surface area contributed by atoms with E-state index in [1.54, 1.807) is 0 Å². The smallest absolute Gasteiger partial charge is 0.270 e. The highest BCUT2D eigenvalue weighted by Crippen LogP contribution is 2.22. The van der Waals surface area contributed by atoms with Crippen LogP contribution in [0.2, 0.25) is 0 Å². The standard InChI is InChI=1S/C15H17BrN2O2/c1-9-7-18(8-10(2)20-9)15(19)14-6-11-5-12(16)3-4-13(11)17-14/h3-6,9-10,17H,7-8H2,1-2H3/t9-,10-/m0/s1. The summed E-state index contributed by atoms with van der Waals surface area (Å²) in [5, 5.41) is 1.04. The molecule has 1 aromatic carbocycles. The second-order valence-electron chi connectivity index (χ2n) is 5.38. The zero-order chi connectivity index (χ0) is 14.3. The molecule has 20 heavy (non-hydrogen) atoms. The van der Waals surface area contributed by atoms with Crippen molar-refractivity contribution in [2.24, 2.45) is 0 Å². The molecule has 0 bridgehead atoms. The minimum atomic E-state index is 0.0410. The predicted octanol–water partition coefficient (Wildman–Crippen LogP) is 3.18. The van der Waals surface area contributed by atoms with Crippen molar-refractivity contribution in [2.75, 3.05) is 13.1 Å². The molecule has 2 heterocycles. The number of aromatic amines is 1. The van der Waals surface area contributed by atoms with Gasteiger partial charge in [0.15, 0.2) is 0 Å². The average molecular weight is 337 g/mol. The topological polar surface area (TPSA) is 45.3 Å². The first-order valence-corrected chi connectivity index (χ1v) is 7.55. The lowest BCUT2D eigenvalue weighted by Gasteiger charge is -2.35. The Kier molecular flexibility index (Phi) is 3.56. The van der Waals surface area contributed by atoms with Gasteiger partial charge in [0.1, 0.15) is 5.69 Å². The first-order chi connectivity index (χ1) is 9.52. The number of benzene rings is 1. The number of hydrogen-bond donors (Lipinski definition) is 1. The molecule has 3 rings (SSSR count). The second kappa shape index (κ2) is 5.22. The zero-order valence-electron chi connectivity index (χ0n) is 11.5. The van der Waals surface area contributed by atoms with Crippen LogP contribution < -0.4 is 0 Å². The molecule has 1 aromatic heterocycles. The van der Waals surface area contributed by atoms with Crippen molar-refractivity contribution in [3.63, 3.8) is 0 Å². The van der Waals surface area contributed by atoms with Crippen LogP contribution in [0.3, 0.4) is 0 Å². The third kappa shape index (κ3) is 2.60. The van der Waals surface area contributed by atoms with Crippen molar-refractivity contribution in [3.05, 3.63) is 34.4 Å². The highest BCUT2D eigenvalue weighted by Gasteiger charge is 2.27. The minimum absolute atomic E-state index is 0.0410. The lowest BCUT2D eigenvalue weighted by molar-refractivity contribution is -0.0587. The largest absolute Gasteiger partial charge is 0.372 e. The molecule has 4 nitrogen and oxygen atoms in total. The lowest BCUT2D eigenvalue weighted by Crippen LogP contribution is -2.48. The van der Waals surface area contributed by atoms with Crippen molar-refractivity contribution in [3.8, 4) is 0 Å². The summed E-state index contributed by atoms with van der Waals surface area (Å²) in [6, 6.07) is 7.85. The maximum absolute atomic E-state index is 12.6. The first-order valence-electron chi connectivity index (χ1n) is 6.76. The Morgan fingerprint density at radius 1 is 1.30 bits per heavy atom. The van der Waals surface area contributed by atoms with Gasteiger partial charge in [-0.05, 0) is 38.1 Å². The van der Waals surface area contributed by atoms with Gasteiger partial charge < -0.3 is 14.6 Å². The van der Waals surface area contributed by atoms with Crippen LogP contribution >= 0.6 is 15.9 Å². The Bertz CT molecular complexity index is 642. The molecule has 1 aliphatic rings. The van der Waals surface area contributed by atoms with Crippen LogP contribution in [0, 0.1) is 0 Å². The first kappa shape index (κ1) is 13.6. The molecule has 2 aromatic rings. The fourth-order valence-electron chi connectivity index (χ4n) is 2.73. The van der Waals surface area contributed by atoms with E-state index in [0.717, 1.165) is 15.4 Å². The number of nitrogens with one attached hydrogen (secondary N) is 1. The van der Waals surface area contributed by atoms with E-state index in [2.05, 4.69) is 20.9 Å². The molecule has 106 valence electrons. The Morgan fingerprint density at radius 2 is 2.00 bits per heavy atom. The third-order valence-corrected chi connectivity index (χ3v) is 4.01. The molecular formula is C15H17BrN2O2. The predicted molar refractivity (Wildman–Crippen MR) is 81.9 cm³/mol. The summed E-state index contributed by atoms with van der Waals surface area (Å²) < 4.78 is 6.68. The van der Waals surface area contributed by atoms with Gasteiger partial charge in [0.2, 0.25) is 0 Å². The van der Waals surface area contributed by atoms with Gasteiger partial charge in [0.25, 0.3) is 5.91 Å². The number of rotatable bonds is 1. The summed E-state index contributed by atoms with van der Waals surface area (Å²) >= 11 is 3.45. The molecule has 1 amide bonds. The summed E-state index contributed by atoms with van der Waals surface area (Å²) in [7, 11) is 0. The molecular weight excluding hydrogens is 320 g/mol. The number of H-pyrrole nitrogens is 1. The Hall–Kier alpha value is -1.33. The number of ether oxygens (including phenoxy) is 1. The van der Waals surface area contributed by atoms with Crippen LogP contribution in [-0.2, 0) is 4.74 Å². The minimum Gasteiger partial charge on any atom is -0.372 e. The molecule has 1 aliphatic heterocycles. The maximum atomic E-state index is 12.6. The number of carbonyl (C=O) groups is 1. The third-order valence-electron chi connectivity index (χ3n) is 3.52. The van der Waals surface area contributed by atoms with E-state index in [0.29, 0.717) is 18.8 Å². The van der Waals surface area contributed by atoms with Crippen molar-refractivity contribution in [2.45, 2.75) is 26.1 Å². The Labute approximate surface area is 126 Å². The summed E-state index contributed by atoms with van der Waals surface area (Å²) in [5.74, 6) is 0.0410. The van der Waals surface area contributed by atoms with Crippen molar-refractivity contribution in [1.82, 2.24) is 9.88 Å². The van der Waals surface area contributed by atoms with Gasteiger partial charge in [0.05, 0.1) is 12.2 Å². The highest BCUT2D eigenvalue weighted by molar-refractivity contribution is 9.10. The molecule has 1 saturated heterocycles. The van der Waals surface area contributed by atoms with E-state index in [9.17, 15) is 4.79 Å². The molecule has 0 aliphatic carbocycles. The molecule has 0 spiro atoms. The van der Waals surface area contributed by atoms with Gasteiger partial charge in [-0.3, -0.25) is 4.79 Å². The fraction of sp³-hybridized carbons (Fsp3) is 0.400. The lowest BCUT2D eigenvalue weighted by atomic mass is 10.2. The van der Waals surface area contributed by atoms with E-state index >= 15 is 0 Å². The fourth-order valence-corrected chi connectivity index (χ4v) is 3.11. The van der Waals surface area contributed by atoms with Gasteiger partial charge in [-0.2, -0.15) is 0 Å². The van der Waals surface area contributed by atoms with Gasteiger partial charge in [-0.25, -0.2) is 0 Å². The van der Waals surface area contributed by atoms with Crippen LogP contribution in [0.4, 0.5) is 0 Å². The molecule has 0 saturated carbocycles. The number of amides is 1. The van der Waals surface area contributed by atoms with Crippen LogP contribution in [0.25, 0.3) is 10.9 Å². The highest BCUT2D eigenvalue weighted by atomic mass is 79.9. The molecule has 0 unspecified atom stereocenters. The number of carbonyl (C=O) groups excluding carboxylic acids is 1. The van der Waals surface area contributed by atoms with Crippen LogP contribution in [0.5, 0.6) is 0 Å². The second-order valence-corrected chi connectivity index (χ2v) is 6.30. The molecule has 1 fully saturated rings. The zero-order valence-corrected chi connectivity index (χ0v) is 13.1. The summed E-state index contributed by atoms with van der Waals surface area (Å²) in [5.41, 5.74) is 1.62. The maximum Gasteiger partial charge on any atom is 0.270 e. The van der Waals surface area contributed by atoms with E-state index in [-0.39, 0.29) is 18.1 Å². The van der Waals surface area contributed by atoms with Crippen molar-refractivity contribution in [1.29, 1.82) is 0 Å². The molecule has 1 N–H and O–H groups in total. The van der Waals surface area contributed by atoms with Crippen LogP contribution in [0.15, 0.2) is 28.7 Å². The number of morpholine rings is 1. The molecule has 2 atom stereocenters. The number of halogens is 1. The van der Waals surface area contributed by atoms with Crippen molar-refractivity contribution >= 4 is 32.7 Å². The Morgan fingerprint density at radius 3 is 2.70 bits per heavy atom. The number of nitrogens with zero attached hydrogens (tertiary/aromatic N) is 1. The quantitative estimate of drug-likeness (QED) is 0.869. The summed E-state index contributed by atoms with van der Waals surface area (Å²) in [4.78, 5) is 17.6. The SMILES string of the molecule is C[C@H]1CN(C(=O)c2cc3cc(Br)ccc3[nH]2)C[C@H](C)O1. The van der Waals surface area contributed by atoms with Crippen molar-refractivity contribution < 1.29 is 9.53 Å². The van der Waals surface area contributed by atoms with E-state index in [1.165, 1.54) is 0 Å². The summed E-state index contributed by atoms with van der Waals surface area (Å²) in [6.07, 6.45) is 0.169. The van der Waals surface area contributed by atoms with Gasteiger partial charge >= 0.3 is 0 Å². The number of fused-ring (bicyclic) bond motifs is 1. The molecule has 0 radical (unpaired) electrons. The van der Waals surface area contributed by atoms with Crippen LogP contribution in [-0.4, -0.2) is 41.1 Å². The van der Waals surface area contributed by atoms with E-state index in [1.807, 2.05) is 43.0 Å². The number of aromatic nitrogens is 1. The van der Waals surface area contributed by atoms with Gasteiger partial charge in [-0.1, -0.05) is 15.9 Å². The van der Waals surface area contributed by atoms with Gasteiger partial charge in [-0.15, -0.1) is 0 Å². The van der Waals surface area contributed by atoms with E-state index in [4.69, 9.17) is 4.74 Å². The average Bonchev–Trinajstić information content (AvgIpc) is 2.79. The normalized spacial score (nSPS) is 23.2. The monoisotopic (exact) mass is 336 g/mol. The number of hydrogen-bond acceptors (Lipinski definition) is 2. The molecule has 5 heteroatoms. The van der Waals surface area contributed by atoms with E-state index < -0.39 is 0 Å². The van der Waals surface area contributed by atoms with Gasteiger partial charge in [0, 0.05) is 28.5 Å².